The predicted octanol–water partition coefficient (Wildman–Crippen LogP) is 1.52. The second-order valence-corrected chi connectivity index (χ2v) is 5.58. The van der Waals surface area contributed by atoms with E-state index >= 15 is 0 Å². The Morgan fingerprint density at radius 1 is 1.62 bits per heavy atom. The molecule has 0 bridgehead atoms. The van der Waals surface area contributed by atoms with Gasteiger partial charge < -0.3 is 14.6 Å². The van der Waals surface area contributed by atoms with Crippen molar-refractivity contribution in [2.45, 2.75) is 6.42 Å². The highest BCUT2D eigenvalue weighted by Crippen LogP contribution is 2.15. The first-order chi connectivity index (χ1) is 10.2. The maximum Gasteiger partial charge on any atom is 0.271 e. The zero-order chi connectivity index (χ0) is 14.8. The first kappa shape index (κ1) is 13.7. The Balaban J connectivity index is 1.63. The van der Waals surface area contributed by atoms with Gasteiger partial charge in [0.05, 0.1) is 0 Å². The normalized spacial score (nSPS) is 17.9. The van der Waals surface area contributed by atoms with Crippen molar-refractivity contribution < 1.29 is 4.79 Å². The summed E-state index contributed by atoms with van der Waals surface area (Å²) in [7, 11) is 0. The molecule has 0 aromatic carbocycles. The summed E-state index contributed by atoms with van der Waals surface area (Å²) in [5.41, 5.74) is 1.01. The summed E-state index contributed by atoms with van der Waals surface area (Å²) in [5, 5.41) is 12.3. The lowest BCUT2D eigenvalue weighted by Crippen LogP contribution is -2.30. The molecule has 1 aliphatic rings. The van der Waals surface area contributed by atoms with Gasteiger partial charge in [0.25, 0.3) is 5.91 Å². The van der Waals surface area contributed by atoms with Gasteiger partial charge in [-0.15, -0.1) is 0 Å². The number of rotatable bonds is 3. The topological polar surface area (TPSA) is 73.4 Å². The van der Waals surface area contributed by atoms with Crippen LogP contribution in [0, 0.1) is 17.4 Å². The second-order valence-electron chi connectivity index (χ2n) is 5.15. The summed E-state index contributed by atoms with van der Waals surface area (Å²) in [6, 6.07) is 3.45. The summed E-state index contributed by atoms with van der Waals surface area (Å²) in [6.45, 7) is 2.03. The monoisotopic (exact) mass is 303 g/mol. The molecule has 1 fully saturated rings. The molecule has 2 aromatic rings. The average Bonchev–Trinajstić information content (AvgIpc) is 3.10. The highest BCUT2D eigenvalue weighted by atomic mass is 35.5. The van der Waals surface area contributed by atoms with Crippen LogP contribution in [0.25, 0.3) is 5.65 Å². The zero-order valence-electron chi connectivity index (χ0n) is 11.3. The molecule has 1 saturated heterocycles. The van der Waals surface area contributed by atoms with E-state index in [2.05, 4.69) is 16.5 Å². The van der Waals surface area contributed by atoms with E-state index in [0.717, 1.165) is 13.0 Å². The van der Waals surface area contributed by atoms with Crippen LogP contribution in [0.5, 0.6) is 0 Å². The Kier molecular flexibility index (Phi) is 3.67. The summed E-state index contributed by atoms with van der Waals surface area (Å²) >= 11 is 5.90. The number of hydrogen-bond acceptors (Lipinski definition) is 4. The van der Waals surface area contributed by atoms with Gasteiger partial charge in [-0.1, -0.05) is 11.6 Å². The minimum atomic E-state index is -0.203. The molecule has 6 nitrogen and oxygen atoms in total. The largest absolute Gasteiger partial charge is 0.350 e. The summed E-state index contributed by atoms with van der Waals surface area (Å²) in [6.07, 6.45) is 6.50. The minimum Gasteiger partial charge on any atom is -0.350 e. The fourth-order valence-electron chi connectivity index (χ4n) is 2.48. The lowest BCUT2D eigenvalue weighted by atomic mass is 10.1. The van der Waals surface area contributed by atoms with Crippen LogP contribution >= 0.6 is 11.6 Å². The molecule has 3 heterocycles. The maximum absolute atomic E-state index is 12.1. The van der Waals surface area contributed by atoms with Gasteiger partial charge in [-0.3, -0.25) is 4.79 Å². The number of hydrogen-bond donors (Lipinski definition) is 1. The molecule has 1 atom stereocenters. The maximum atomic E-state index is 12.1. The van der Waals surface area contributed by atoms with Crippen molar-refractivity contribution in [3.05, 3.63) is 35.2 Å². The summed E-state index contributed by atoms with van der Waals surface area (Å²) in [5.74, 6) is 0.116. The van der Waals surface area contributed by atoms with Crippen molar-refractivity contribution in [1.29, 1.82) is 5.26 Å². The van der Waals surface area contributed by atoms with Gasteiger partial charge in [0.15, 0.2) is 6.19 Å². The molecule has 0 unspecified atom stereocenters. The van der Waals surface area contributed by atoms with Gasteiger partial charge in [0.2, 0.25) is 0 Å². The molecule has 21 heavy (non-hydrogen) atoms. The third-order valence-corrected chi connectivity index (χ3v) is 3.87. The number of pyridine rings is 1. The smallest absolute Gasteiger partial charge is 0.271 e. The van der Waals surface area contributed by atoms with Crippen molar-refractivity contribution in [2.24, 2.45) is 5.92 Å². The SMILES string of the molecule is N#CN1CC[C@H](CNC(=O)c2cn3ccc(Cl)cc3n2)C1. The van der Waals surface area contributed by atoms with Crippen LogP contribution in [0.4, 0.5) is 0 Å². The Bertz CT molecular complexity index is 720. The number of fused-ring (bicyclic) bond motifs is 1. The zero-order valence-corrected chi connectivity index (χ0v) is 12.0. The molecule has 108 valence electrons. The van der Waals surface area contributed by atoms with Gasteiger partial charge in [-0.05, 0) is 18.4 Å². The van der Waals surface area contributed by atoms with Crippen LogP contribution in [0.15, 0.2) is 24.5 Å². The van der Waals surface area contributed by atoms with Crippen molar-refractivity contribution in [3.63, 3.8) is 0 Å². The highest BCUT2D eigenvalue weighted by Gasteiger charge is 2.22. The number of nitrogens with one attached hydrogen (secondary N) is 1. The van der Waals surface area contributed by atoms with Gasteiger partial charge >= 0.3 is 0 Å². The number of nitrogens with zero attached hydrogens (tertiary/aromatic N) is 4. The first-order valence-electron chi connectivity index (χ1n) is 6.73. The number of likely N-dealkylation sites (tertiary alicyclic amines) is 1. The van der Waals surface area contributed by atoms with E-state index in [1.54, 1.807) is 33.8 Å². The lowest BCUT2D eigenvalue weighted by Gasteiger charge is -2.10. The Morgan fingerprint density at radius 2 is 2.48 bits per heavy atom. The number of halogens is 1. The lowest BCUT2D eigenvalue weighted by molar-refractivity contribution is 0.0943. The number of imidazole rings is 1. The van der Waals surface area contributed by atoms with E-state index in [9.17, 15) is 4.79 Å². The van der Waals surface area contributed by atoms with Gasteiger partial charge in [0.1, 0.15) is 11.3 Å². The molecule has 0 radical (unpaired) electrons. The van der Waals surface area contributed by atoms with Gasteiger partial charge in [0, 0.05) is 43.1 Å². The molecule has 1 amide bonds. The van der Waals surface area contributed by atoms with Crippen molar-refractivity contribution in [2.75, 3.05) is 19.6 Å². The third kappa shape index (κ3) is 2.93. The molecule has 0 aliphatic carbocycles. The average molecular weight is 304 g/mol. The fraction of sp³-hybridized carbons (Fsp3) is 0.357. The van der Waals surface area contributed by atoms with Gasteiger partial charge in [-0.25, -0.2) is 4.98 Å². The number of aromatic nitrogens is 2. The van der Waals surface area contributed by atoms with E-state index in [0.29, 0.717) is 35.4 Å². The molecule has 0 spiro atoms. The molecular formula is C14H14ClN5O. The second kappa shape index (κ2) is 5.62. The van der Waals surface area contributed by atoms with Crippen LogP contribution in [-0.4, -0.2) is 39.8 Å². The Labute approximate surface area is 126 Å². The summed E-state index contributed by atoms with van der Waals surface area (Å²) in [4.78, 5) is 18.1. The van der Waals surface area contributed by atoms with Crippen molar-refractivity contribution in [1.82, 2.24) is 19.6 Å². The van der Waals surface area contributed by atoms with Crippen LogP contribution in [-0.2, 0) is 0 Å². The van der Waals surface area contributed by atoms with E-state index in [4.69, 9.17) is 16.9 Å². The number of carbonyl (C=O) groups excluding carboxylic acids is 1. The summed E-state index contributed by atoms with van der Waals surface area (Å²) < 4.78 is 1.76. The predicted molar refractivity (Wildman–Crippen MR) is 77.8 cm³/mol. The van der Waals surface area contributed by atoms with Crippen LogP contribution in [0.3, 0.4) is 0 Å². The van der Waals surface area contributed by atoms with Crippen LogP contribution in [0.2, 0.25) is 5.02 Å². The van der Waals surface area contributed by atoms with Crippen LogP contribution < -0.4 is 5.32 Å². The highest BCUT2D eigenvalue weighted by molar-refractivity contribution is 6.30. The van der Waals surface area contributed by atoms with E-state index in [-0.39, 0.29) is 5.91 Å². The van der Waals surface area contributed by atoms with Crippen molar-refractivity contribution >= 4 is 23.2 Å². The molecule has 1 aliphatic heterocycles. The standard InChI is InChI=1S/C14H14ClN5O/c15-11-2-4-20-8-12(18-13(20)5-11)14(21)17-6-10-1-3-19(7-10)9-16/h2,4-5,8,10H,1,3,6-7H2,(H,17,21)/t10-/m1/s1. The molecule has 2 aromatic heterocycles. The third-order valence-electron chi connectivity index (χ3n) is 3.63. The van der Waals surface area contributed by atoms with E-state index in [1.807, 2.05) is 0 Å². The molecule has 7 heteroatoms. The van der Waals surface area contributed by atoms with Crippen LogP contribution in [0.1, 0.15) is 16.9 Å². The number of amides is 1. The Hall–Kier alpha value is -2.26. The quantitative estimate of drug-likeness (QED) is 0.873. The van der Waals surface area contributed by atoms with E-state index < -0.39 is 0 Å². The number of carbonyl (C=O) groups is 1. The van der Waals surface area contributed by atoms with Gasteiger partial charge in [-0.2, -0.15) is 5.26 Å². The molecule has 1 N–H and O–H groups in total. The van der Waals surface area contributed by atoms with Crippen molar-refractivity contribution in [3.8, 4) is 6.19 Å². The number of nitriles is 1. The first-order valence-corrected chi connectivity index (χ1v) is 7.10. The molecular weight excluding hydrogens is 290 g/mol. The minimum absolute atomic E-state index is 0.203. The molecule has 3 rings (SSSR count). The fourth-order valence-corrected chi connectivity index (χ4v) is 2.64. The Morgan fingerprint density at radius 3 is 3.24 bits per heavy atom. The molecule has 0 saturated carbocycles. The van der Waals surface area contributed by atoms with E-state index in [1.165, 1.54) is 0 Å².